The van der Waals surface area contributed by atoms with Crippen molar-refractivity contribution in [2.45, 2.75) is 29.1 Å². The van der Waals surface area contributed by atoms with E-state index in [2.05, 4.69) is 181 Å². The predicted molar refractivity (Wildman–Crippen MR) is 203 cm³/mol. The molecule has 0 fully saturated rings. The van der Waals surface area contributed by atoms with Crippen molar-refractivity contribution in [1.29, 1.82) is 0 Å². The van der Waals surface area contributed by atoms with Gasteiger partial charge in [-0.2, -0.15) is 0 Å². The maximum atomic E-state index is 2.46. The van der Waals surface area contributed by atoms with Crippen LogP contribution in [0.4, 0.5) is 17.1 Å². The van der Waals surface area contributed by atoms with Crippen LogP contribution in [-0.2, 0) is 5.41 Å². The van der Waals surface area contributed by atoms with Gasteiger partial charge in [0.1, 0.15) is 0 Å². The number of anilines is 3. The van der Waals surface area contributed by atoms with Crippen LogP contribution in [0.5, 0.6) is 0 Å². The van der Waals surface area contributed by atoms with E-state index in [0.717, 1.165) is 5.69 Å². The second kappa shape index (κ2) is 10.2. The van der Waals surface area contributed by atoms with Gasteiger partial charge < -0.3 is 9.47 Å². The molecule has 3 heteroatoms. The SMILES string of the molecule is CC1(C)c2ccccc2-c2cc3c4cc(-c5ccc(N6c7ccccc7Sc7ccccc76)cc5)ccc4n(-c4ccccc4)c3cc21. The number of hydrogen-bond acceptors (Lipinski definition) is 2. The van der Waals surface area contributed by atoms with Gasteiger partial charge in [0.05, 0.1) is 22.4 Å². The predicted octanol–water partition coefficient (Wildman–Crippen LogP) is 12.7. The number of para-hydroxylation sites is 3. The van der Waals surface area contributed by atoms with Gasteiger partial charge in [-0.1, -0.05) is 111 Å². The molecule has 0 saturated carbocycles. The second-order valence-electron chi connectivity index (χ2n) is 13.4. The van der Waals surface area contributed by atoms with Gasteiger partial charge in [0.15, 0.2) is 0 Å². The molecule has 48 heavy (non-hydrogen) atoms. The lowest BCUT2D eigenvalue weighted by atomic mass is 9.82. The molecule has 7 aromatic carbocycles. The first-order valence-electron chi connectivity index (χ1n) is 16.6. The summed E-state index contributed by atoms with van der Waals surface area (Å²) in [6, 6.07) is 58.1. The van der Waals surface area contributed by atoms with E-state index in [1.165, 1.54) is 82.0 Å². The Morgan fingerprint density at radius 2 is 1.08 bits per heavy atom. The molecule has 1 aliphatic heterocycles. The zero-order valence-corrected chi connectivity index (χ0v) is 27.6. The molecule has 10 rings (SSSR count). The molecule has 0 N–H and O–H groups in total. The standard InChI is InChI=1S/C45H32N2S/c1-45(2)37-15-7-6-14-33(37)34-27-36-35-26-30(22-25-39(35)46(42(36)28-38(34)45)31-12-4-3-5-13-31)29-20-23-32(24-21-29)47-40-16-8-10-18-43(40)48-44-19-11-9-17-41(44)47/h3-28H,1-2H3. The molecule has 1 aliphatic carbocycles. The van der Waals surface area contributed by atoms with Crippen molar-refractivity contribution in [3.05, 3.63) is 169 Å². The highest BCUT2D eigenvalue weighted by Crippen LogP contribution is 2.52. The molecular formula is C45H32N2S. The summed E-state index contributed by atoms with van der Waals surface area (Å²) in [5.74, 6) is 0. The van der Waals surface area contributed by atoms with Gasteiger partial charge in [0, 0.05) is 37.4 Å². The number of benzene rings is 7. The molecule has 1 aromatic heterocycles. The zero-order valence-electron chi connectivity index (χ0n) is 26.8. The van der Waals surface area contributed by atoms with E-state index in [9.17, 15) is 0 Å². The summed E-state index contributed by atoms with van der Waals surface area (Å²) in [5, 5.41) is 2.56. The Hall–Kier alpha value is -5.51. The Morgan fingerprint density at radius 3 is 1.83 bits per heavy atom. The van der Waals surface area contributed by atoms with Crippen LogP contribution in [0.2, 0.25) is 0 Å². The number of hydrogen-bond donors (Lipinski definition) is 0. The molecule has 0 saturated heterocycles. The minimum atomic E-state index is -0.0565. The largest absolute Gasteiger partial charge is 0.309 e. The van der Waals surface area contributed by atoms with Crippen LogP contribution in [0.1, 0.15) is 25.0 Å². The van der Waals surface area contributed by atoms with Gasteiger partial charge >= 0.3 is 0 Å². The van der Waals surface area contributed by atoms with Crippen LogP contribution in [0, 0.1) is 0 Å². The molecule has 2 heterocycles. The molecule has 0 unspecified atom stereocenters. The van der Waals surface area contributed by atoms with E-state index >= 15 is 0 Å². The average Bonchev–Trinajstić information content (AvgIpc) is 3.57. The van der Waals surface area contributed by atoms with E-state index in [1.54, 1.807) is 0 Å². The fourth-order valence-electron chi connectivity index (χ4n) is 8.03. The Kier molecular flexibility index (Phi) is 5.89. The summed E-state index contributed by atoms with van der Waals surface area (Å²) in [7, 11) is 0. The van der Waals surface area contributed by atoms with Crippen LogP contribution in [-0.4, -0.2) is 4.57 Å². The maximum Gasteiger partial charge on any atom is 0.0601 e. The summed E-state index contributed by atoms with van der Waals surface area (Å²) in [6.07, 6.45) is 0. The lowest BCUT2D eigenvalue weighted by molar-refractivity contribution is 0.661. The Balaban J connectivity index is 1.14. The number of nitrogens with zero attached hydrogens (tertiary/aromatic N) is 2. The summed E-state index contributed by atoms with van der Waals surface area (Å²) < 4.78 is 2.44. The van der Waals surface area contributed by atoms with Crippen molar-refractivity contribution in [3.63, 3.8) is 0 Å². The molecule has 0 spiro atoms. The van der Waals surface area contributed by atoms with Crippen LogP contribution in [0.3, 0.4) is 0 Å². The van der Waals surface area contributed by atoms with Gasteiger partial charge in [-0.3, -0.25) is 0 Å². The summed E-state index contributed by atoms with van der Waals surface area (Å²) in [5.41, 5.74) is 15.2. The van der Waals surface area contributed by atoms with Crippen molar-refractivity contribution in [1.82, 2.24) is 4.57 Å². The van der Waals surface area contributed by atoms with Crippen LogP contribution in [0.15, 0.2) is 168 Å². The zero-order chi connectivity index (χ0) is 32.0. The molecular weight excluding hydrogens is 601 g/mol. The Labute approximate surface area is 284 Å². The third-order valence-corrected chi connectivity index (χ3v) is 11.5. The lowest BCUT2D eigenvalue weighted by Gasteiger charge is -2.32. The van der Waals surface area contributed by atoms with Gasteiger partial charge in [0.25, 0.3) is 0 Å². The monoisotopic (exact) mass is 632 g/mol. The van der Waals surface area contributed by atoms with Gasteiger partial charge in [0.2, 0.25) is 0 Å². The number of fused-ring (bicyclic) bond motifs is 8. The van der Waals surface area contributed by atoms with Gasteiger partial charge in [-0.05, 0) is 106 Å². The summed E-state index contributed by atoms with van der Waals surface area (Å²) in [6.45, 7) is 4.72. The van der Waals surface area contributed by atoms with Crippen molar-refractivity contribution in [2.75, 3.05) is 4.90 Å². The molecule has 0 amide bonds. The first-order valence-corrected chi connectivity index (χ1v) is 17.4. The highest BCUT2D eigenvalue weighted by atomic mass is 32.2. The van der Waals surface area contributed by atoms with Crippen LogP contribution in [0.25, 0.3) is 49.7 Å². The third kappa shape index (κ3) is 3.95. The summed E-state index contributed by atoms with van der Waals surface area (Å²) in [4.78, 5) is 4.94. The van der Waals surface area contributed by atoms with Crippen molar-refractivity contribution in [2.24, 2.45) is 0 Å². The first-order chi connectivity index (χ1) is 23.6. The highest BCUT2D eigenvalue weighted by Gasteiger charge is 2.36. The first kappa shape index (κ1) is 27.6. The number of aromatic nitrogens is 1. The smallest absolute Gasteiger partial charge is 0.0601 e. The minimum absolute atomic E-state index is 0.0565. The second-order valence-corrected chi connectivity index (χ2v) is 14.5. The maximum absolute atomic E-state index is 2.46. The molecule has 228 valence electrons. The Bertz CT molecular complexity index is 2510. The molecule has 0 atom stereocenters. The normalized spacial score (nSPS) is 14.1. The lowest BCUT2D eigenvalue weighted by Crippen LogP contribution is -2.14. The number of rotatable bonds is 3. The van der Waals surface area contributed by atoms with Crippen LogP contribution >= 0.6 is 11.8 Å². The molecule has 2 aliphatic rings. The highest BCUT2D eigenvalue weighted by molar-refractivity contribution is 7.99. The quantitative estimate of drug-likeness (QED) is 0.191. The van der Waals surface area contributed by atoms with E-state index < -0.39 is 0 Å². The van der Waals surface area contributed by atoms with Crippen molar-refractivity contribution in [3.8, 4) is 27.9 Å². The molecule has 2 nitrogen and oxygen atoms in total. The van der Waals surface area contributed by atoms with E-state index in [4.69, 9.17) is 0 Å². The van der Waals surface area contributed by atoms with Crippen LogP contribution < -0.4 is 4.90 Å². The topological polar surface area (TPSA) is 8.17 Å². The van der Waals surface area contributed by atoms with Crippen molar-refractivity contribution >= 4 is 50.6 Å². The Morgan fingerprint density at radius 1 is 0.458 bits per heavy atom. The van der Waals surface area contributed by atoms with Crippen molar-refractivity contribution < 1.29 is 0 Å². The van der Waals surface area contributed by atoms with Gasteiger partial charge in [-0.25, -0.2) is 0 Å². The summed E-state index contributed by atoms with van der Waals surface area (Å²) >= 11 is 1.84. The average molecular weight is 633 g/mol. The molecule has 8 aromatic rings. The van der Waals surface area contributed by atoms with E-state index in [-0.39, 0.29) is 5.41 Å². The third-order valence-electron chi connectivity index (χ3n) is 10.4. The van der Waals surface area contributed by atoms with E-state index in [0.29, 0.717) is 0 Å². The minimum Gasteiger partial charge on any atom is -0.309 e. The molecule has 0 radical (unpaired) electrons. The fourth-order valence-corrected chi connectivity index (χ4v) is 9.09. The fraction of sp³-hybridized carbons (Fsp3) is 0.0667. The van der Waals surface area contributed by atoms with E-state index in [1.807, 2.05) is 11.8 Å². The molecule has 0 bridgehead atoms. The van der Waals surface area contributed by atoms with Gasteiger partial charge in [-0.15, -0.1) is 0 Å².